The van der Waals surface area contributed by atoms with Crippen LogP contribution in [0.5, 0.6) is 0 Å². The van der Waals surface area contributed by atoms with Gasteiger partial charge in [-0.15, -0.1) is 0 Å². The van der Waals surface area contributed by atoms with Crippen LogP contribution in [0.3, 0.4) is 0 Å². The smallest absolute Gasteiger partial charge is 0.213 e. The van der Waals surface area contributed by atoms with Crippen molar-refractivity contribution >= 4 is 16.7 Å². The van der Waals surface area contributed by atoms with Gasteiger partial charge < -0.3 is 0 Å². The molecule has 3 nitrogen and oxygen atoms in total. The first-order chi connectivity index (χ1) is 7.71. The molecule has 1 aromatic rings. The minimum atomic E-state index is -1.50. The molecule has 0 spiro atoms. The van der Waals surface area contributed by atoms with Crippen molar-refractivity contribution in [3.63, 3.8) is 0 Å². The second-order valence-corrected chi connectivity index (χ2v) is 6.43. The number of rotatable bonds is 2. The molecule has 0 amide bonds. The lowest BCUT2D eigenvalue weighted by atomic mass is 10.2. The van der Waals surface area contributed by atoms with Crippen molar-refractivity contribution in [2.24, 2.45) is 4.40 Å². The number of pyridine rings is 1. The molecule has 0 saturated carbocycles. The normalized spacial score (nSPS) is 14.8. The molecule has 0 saturated heterocycles. The molecule has 0 aromatic carbocycles. The second-order valence-electron chi connectivity index (χ2n) is 4.53. The zero-order chi connectivity index (χ0) is 13.2. The van der Waals surface area contributed by atoms with Crippen molar-refractivity contribution in [2.45, 2.75) is 32.4 Å². The third kappa shape index (κ3) is 3.66. The summed E-state index contributed by atoms with van der Waals surface area (Å²) in [6.45, 7) is 6.75. The van der Waals surface area contributed by atoms with Gasteiger partial charge >= 0.3 is 0 Å². The number of hydrogen-bond acceptors (Lipinski definition) is 2. The van der Waals surface area contributed by atoms with E-state index in [-0.39, 0.29) is 11.3 Å². The van der Waals surface area contributed by atoms with Crippen LogP contribution in [0.15, 0.2) is 16.7 Å². The SMILES string of the molecule is C/C(=N\S(=O)C(C)(C)C)c1cc(F)ncc1F. The molecule has 1 aromatic heterocycles. The predicted octanol–water partition coefficient (Wildman–Crippen LogP) is 2.63. The van der Waals surface area contributed by atoms with E-state index in [1.807, 2.05) is 0 Å². The third-order valence-corrected chi connectivity index (χ3v) is 3.44. The van der Waals surface area contributed by atoms with Crippen molar-refractivity contribution in [2.75, 3.05) is 0 Å². The molecule has 0 radical (unpaired) electrons. The minimum absolute atomic E-state index is 0.0184. The molecule has 1 heterocycles. The zero-order valence-corrected chi connectivity index (χ0v) is 10.9. The fourth-order valence-corrected chi connectivity index (χ4v) is 1.62. The molecule has 0 aliphatic carbocycles. The van der Waals surface area contributed by atoms with Gasteiger partial charge in [-0.1, -0.05) is 0 Å². The Balaban J connectivity index is 3.12. The molecular weight excluding hydrogens is 246 g/mol. The summed E-state index contributed by atoms with van der Waals surface area (Å²) < 4.78 is 41.3. The fraction of sp³-hybridized carbons (Fsp3) is 0.455. The van der Waals surface area contributed by atoms with Crippen LogP contribution in [0.4, 0.5) is 8.78 Å². The van der Waals surface area contributed by atoms with E-state index in [4.69, 9.17) is 0 Å². The van der Waals surface area contributed by atoms with Crippen LogP contribution in [0.25, 0.3) is 0 Å². The highest BCUT2D eigenvalue weighted by Crippen LogP contribution is 2.15. The van der Waals surface area contributed by atoms with Gasteiger partial charge in [-0.2, -0.15) is 8.79 Å². The lowest BCUT2D eigenvalue weighted by Crippen LogP contribution is -2.21. The number of aromatic nitrogens is 1. The molecule has 0 aliphatic rings. The summed E-state index contributed by atoms with van der Waals surface area (Å²) in [5, 5.41) is 0. The number of hydrogen-bond donors (Lipinski definition) is 0. The van der Waals surface area contributed by atoms with Gasteiger partial charge in [0.15, 0.2) is 5.82 Å². The maximum Gasteiger partial charge on any atom is 0.213 e. The van der Waals surface area contributed by atoms with Gasteiger partial charge in [-0.25, -0.2) is 13.6 Å². The molecule has 1 unspecified atom stereocenters. The summed E-state index contributed by atoms with van der Waals surface area (Å²) in [6.07, 6.45) is 0.781. The van der Waals surface area contributed by atoms with E-state index in [2.05, 4.69) is 9.38 Å². The molecule has 1 atom stereocenters. The first kappa shape index (κ1) is 13.9. The highest BCUT2D eigenvalue weighted by Gasteiger charge is 2.20. The quantitative estimate of drug-likeness (QED) is 0.606. The summed E-state index contributed by atoms with van der Waals surface area (Å²) in [5.41, 5.74) is 0.173. The Morgan fingerprint density at radius 3 is 2.53 bits per heavy atom. The standard InChI is InChI=1S/C11H14F2N2OS/c1-7(15-17(16)11(2,3)4)8-5-10(13)14-6-9(8)12/h5-6H,1-4H3/b15-7+. The molecular formula is C11H14F2N2OS. The average Bonchev–Trinajstić information content (AvgIpc) is 2.20. The molecule has 94 valence electrons. The Bertz CT molecular complexity index is 481. The van der Waals surface area contributed by atoms with Crippen molar-refractivity contribution in [3.05, 3.63) is 29.6 Å². The van der Waals surface area contributed by atoms with Gasteiger partial charge in [-0.3, -0.25) is 0 Å². The van der Waals surface area contributed by atoms with Crippen molar-refractivity contribution in [1.29, 1.82) is 0 Å². The highest BCUT2D eigenvalue weighted by atomic mass is 32.2. The van der Waals surface area contributed by atoms with E-state index in [0.717, 1.165) is 12.3 Å². The predicted molar refractivity (Wildman–Crippen MR) is 64.3 cm³/mol. The molecule has 0 fully saturated rings. The van der Waals surface area contributed by atoms with Crippen LogP contribution in [0.1, 0.15) is 33.3 Å². The van der Waals surface area contributed by atoms with Crippen LogP contribution in [-0.2, 0) is 11.0 Å². The maximum atomic E-state index is 13.4. The molecule has 17 heavy (non-hydrogen) atoms. The molecule has 0 bridgehead atoms. The molecule has 0 aliphatic heterocycles. The Hall–Kier alpha value is -1.17. The van der Waals surface area contributed by atoms with Crippen LogP contribution in [0, 0.1) is 11.8 Å². The topological polar surface area (TPSA) is 42.3 Å². The number of halogens is 2. The first-order valence-electron chi connectivity index (χ1n) is 5.00. The Morgan fingerprint density at radius 2 is 2.00 bits per heavy atom. The summed E-state index contributed by atoms with van der Waals surface area (Å²) in [7, 11) is -1.50. The monoisotopic (exact) mass is 260 g/mol. The molecule has 1 rings (SSSR count). The fourth-order valence-electron chi connectivity index (χ4n) is 1.00. The van der Waals surface area contributed by atoms with Crippen molar-refractivity contribution in [1.82, 2.24) is 4.98 Å². The average molecular weight is 260 g/mol. The van der Waals surface area contributed by atoms with E-state index >= 15 is 0 Å². The van der Waals surface area contributed by atoms with Crippen LogP contribution in [0.2, 0.25) is 0 Å². The highest BCUT2D eigenvalue weighted by molar-refractivity contribution is 7.85. The van der Waals surface area contributed by atoms with Crippen LogP contribution < -0.4 is 0 Å². The summed E-state index contributed by atoms with van der Waals surface area (Å²) >= 11 is 0. The second kappa shape index (κ2) is 5.00. The summed E-state index contributed by atoms with van der Waals surface area (Å²) in [5.74, 6) is -1.48. The van der Waals surface area contributed by atoms with Gasteiger partial charge in [0, 0.05) is 11.6 Å². The van der Waals surface area contributed by atoms with Crippen molar-refractivity contribution in [3.8, 4) is 0 Å². The Morgan fingerprint density at radius 1 is 1.41 bits per heavy atom. The lowest BCUT2D eigenvalue weighted by Gasteiger charge is -2.14. The Labute approximate surface area is 102 Å². The van der Waals surface area contributed by atoms with E-state index in [1.165, 1.54) is 6.92 Å². The van der Waals surface area contributed by atoms with Crippen LogP contribution in [-0.4, -0.2) is 19.7 Å². The van der Waals surface area contributed by atoms with E-state index in [0.29, 0.717) is 0 Å². The minimum Gasteiger partial charge on any atom is -0.234 e. The summed E-state index contributed by atoms with van der Waals surface area (Å²) in [6, 6.07) is 0.939. The van der Waals surface area contributed by atoms with Crippen LogP contribution >= 0.6 is 0 Å². The first-order valence-corrected chi connectivity index (χ1v) is 6.11. The van der Waals surface area contributed by atoms with E-state index in [1.54, 1.807) is 20.8 Å². The lowest BCUT2D eigenvalue weighted by molar-refractivity contribution is 0.558. The number of nitrogens with zero attached hydrogens (tertiary/aromatic N) is 2. The maximum absolute atomic E-state index is 13.4. The van der Waals surface area contributed by atoms with Gasteiger partial charge in [0.05, 0.1) is 16.7 Å². The molecule has 0 N–H and O–H groups in total. The largest absolute Gasteiger partial charge is 0.234 e. The zero-order valence-electron chi connectivity index (χ0n) is 10.1. The Kier molecular flexibility index (Phi) is 4.08. The van der Waals surface area contributed by atoms with Gasteiger partial charge in [0.1, 0.15) is 11.0 Å². The van der Waals surface area contributed by atoms with Gasteiger partial charge in [0.2, 0.25) is 5.95 Å². The third-order valence-electron chi connectivity index (χ3n) is 1.96. The van der Waals surface area contributed by atoms with Crippen molar-refractivity contribution < 1.29 is 13.0 Å². The summed E-state index contributed by atoms with van der Waals surface area (Å²) in [4.78, 5) is 3.18. The molecule has 6 heteroatoms. The van der Waals surface area contributed by atoms with E-state index in [9.17, 15) is 13.0 Å². The van der Waals surface area contributed by atoms with Gasteiger partial charge in [0.25, 0.3) is 0 Å². The van der Waals surface area contributed by atoms with E-state index < -0.39 is 27.5 Å². The van der Waals surface area contributed by atoms with Gasteiger partial charge in [-0.05, 0) is 27.7 Å².